The summed E-state index contributed by atoms with van der Waals surface area (Å²) in [6.07, 6.45) is 5.71. The SMILES string of the molecule is COc1cccc2c1N1[C@H](CCO)CC[C@@H]1CC2. The van der Waals surface area contributed by atoms with E-state index in [4.69, 9.17) is 4.74 Å². The van der Waals surface area contributed by atoms with Gasteiger partial charge >= 0.3 is 0 Å². The van der Waals surface area contributed by atoms with Gasteiger partial charge in [0, 0.05) is 18.7 Å². The van der Waals surface area contributed by atoms with Gasteiger partial charge in [0.1, 0.15) is 5.75 Å². The molecule has 3 nitrogen and oxygen atoms in total. The van der Waals surface area contributed by atoms with Crippen LogP contribution in [0.1, 0.15) is 31.2 Å². The first kappa shape index (κ1) is 11.8. The standard InChI is InChI=1S/C15H21NO2/c1-18-14-4-2-3-11-5-6-12-7-8-13(9-10-17)16(12)15(11)14/h2-4,12-13,17H,5-10H2,1H3/t12-,13-/m0/s1. The topological polar surface area (TPSA) is 32.7 Å². The smallest absolute Gasteiger partial charge is 0.142 e. The van der Waals surface area contributed by atoms with E-state index in [1.54, 1.807) is 7.11 Å². The van der Waals surface area contributed by atoms with Crippen molar-refractivity contribution in [2.45, 2.75) is 44.2 Å². The highest BCUT2D eigenvalue weighted by Gasteiger charge is 2.38. The lowest BCUT2D eigenvalue weighted by molar-refractivity contribution is 0.274. The number of hydrogen-bond acceptors (Lipinski definition) is 3. The van der Waals surface area contributed by atoms with Crippen molar-refractivity contribution in [1.82, 2.24) is 0 Å². The fourth-order valence-electron chi connectivity index (χ4n) is 3.59. The van der Waals surface area contributed by atoms with Gasteiger partial charge in [-0.25, -0.2) is 0 Å². The van der Waals surface area contributed by atoms with Crippen molar-refractivity contribution in [2.75, 3.05) is 18.6 Å². The summed E-state index contributed by atoms with van der Waals surface area (Å²) in [7, 11) is 1.75. The molecule has 2 heterocycles. The van der Waals surface area contributed by atoms with Crippen LogP contribution in [0.4, 0.5) is 5.69 Å². The minimum atomic E-state index is 0.276. The molecule has 3 heteroatoms. The highest BCUT2D eigenvalue weighted by Crippen LogP contribution is 2.45. The van der Waals surface area contributed by atoms with Crippen LogP contribution in [0.25, 0.3) is 0 Å². The van der Waals surface area contributed by atoms with E-state index in [0.717, 1.165) is 18.6 Å². The van der Waals surface area contributed by atoms with Gasteiger partial charge in [-0.1, -0.05) is 12.1 Å². The Morgan fingerprint density at radius 2 is 2.22 bits per heavy atom. The molecule has 0 radical (unpaired) electrons. The van der Waals surface area contributed by atoms with Crippen molar-refractivity contribution in [3.05, 3.63) is 23.8 Å². The van der Waals surface area contributed by atoms with Gasteiger partial charge in [0.05, 0.1) is 12.8 Å². The number of anilines is 1. The fraction of sp³-hybridized carbons (Fsp3) is 0.600. The second kappa shape index (κ2) is 4.81. The zero-order valence-electron chi connectivity index (χ0n) is 10.9. The third-order valence-electron chi connectivity index (χ3n) is 4.39. The zero-order chi connectivity index (χ0) is 12.5. The van der Waals surface area contributed by atoms with Crippen LogP contribution >= 0.6 is 0 Å². The molecule has 0 saturated carbocycles. The van der Waals surface area contributed by atoms with Crippen LogP contribution in [0.2, 0.25) is 0 Å². The molecule has 0 aromatic heterocycles. The molecule has 0 spiro atoms. The van der Waals surface area contributed by atoms with Crippen LogP contribution in [0.15, 0.2) is 18.2 Å². The molecule has 3 rings (SSSR count). The maximum atomic E-state index is 9.23. The minimum absolute atomic E-state index is 0.276. The van der Waals surface area contributed by atoms with Gasteiger partial charge in [0.15, 0.2) is 0 Å². The molecule has 1 aromatic carbocycles. The molecule has 2 aliphatic rings. The van der Waals surface area contributed by atoms with E-state index in [0.29, 0.717) is 12.1 Å². The quantitative estimate of drug-likeness (QED) is 0.890. The Kier molecular flexibility index (Phi) is 3.16. The molecule has 98 valence electrons. The highest BCUT2D eigenvalue weighted by molar-refractivity contribution is 5.67. The Hall–Kier alpha value is -1.22. The van der Waals surface area contributed by atoms with Crippen LogP contribution in [-0.2, 0) is 6.42 Å². The molecule has 0 bridgehead atoms. The van der Waals surface area contributed by atoms with Crippen molar-refractivity contribution in [2.24, 2.45) is 0 Å². The van der Waals surface area contributed by atoms with Gasteiger partial charge in [-0.2, -0.15) is 0 Å². The lowest BCUT2D eigenvalue weighted by Crippen LogP contribution is -2.40. The van der Waals surface area contributed by atoms with Crippen molar-refractivity contribution in [1.29, 1.82) is 0 Å². The van der Waals surface area contributed by atoms with Crippen LogP contribution in [0, 0.1) is 0 Å². The molecule has 1 saturated heterocycles. The molecule has 2 atom stereocenters. The molecule has 2 aliphatic heterocycles. The number of rotatable bonds is 3. The highest BCUT2D eigenvalue weighted by atomic mass is 16.5. The van der Waals surface area contributed by atoms with Gasteiger partial charge in [0.25, 0.3) is 0 Å². The van der Waals surface area contributed by atoms with Crippen molar-refractivity contribution in [3.8, 4) is 5.75 Å². The van der Waals surface area contributed by atoms with E-state index in [1.807, 2.05) is 0 Å². The van der Waals surface area contributed by atoms with Crippen LogP contribution in [-0.4, -0.2) is 30.9 Å². The summed E-state index contributed by atoms with van der Waals surface area (Å²) in [5.41, 5.74) is 2.68. The van der Waals surface area contributed by atoms with Gasteiger partial charge in [0.2, 0.25) is 0 Å². The Morgan fingerprint density at radius 1 is 1.33 bits per heavy atom. The Labute approximate surface area is 108 Å². The van der Waals surface area contributed by atoms with Crippen LogP contribution in [0.5, 0.6) is 5.75 Å². The number of fused-ring (bicyclic) bond motifs is 3. The third kappa shape index (κ3) is 1.77. The van der Waals surface area contributed by atoms with Crippen LogP contribution < -0.4 is 9.64 Å². The van der Waals surface area contributed by atoms with E-state index in [-0.39, 0.29) is 6.61 Å². The number of hydrogen-bond donors (Lipinski definition) is 1. The summed E-state index contributed by atoms with van der Waals surface area (Å²) in [6, 6.07) is 7.47. The lowest BCUT2D eigenvalue weighted by atomic mass is 9.95. The number of aliphatic hydroxyl groups is 1. The van der Waals surface area contributed by atoms with E-state index in [1.165, 1.54) is 30.5 Å². The van der Waals surface area contributed by atoms with Crippen molar-refractivity contribution in [3.63, 3.8) is 0 Å². The molecule has 0 aliphatic carbocycles. The average molecular weight is 247 g/mol. The number of aliphatic hydroxyl groups excluding tert-OH is 1. The summed E-state index contributed by atoms with van der Waals surface area (Å²) in [5.74, 6) is 0.988. The molecule has 1 N–H and O–H groups in total. The fourth-order valence-corrected chi connectivity index (χ4v) is 3.59. The van der Waals surface area contributed by atoms with Crippen molar-refractivity contribution < 1.29 is 9.84 Å². The Bertz CT molecular complexity index is 418. The van der Waals surface area contributed by atoms with E-state index in [2.05, 4.69) is 23.1 Å². The Morgan fingerprint density at radius 3 is 3.00 bits per heavy atom. The summed E-state index contributed by atoms with van der Waals surface area (Å²) in [4.78, 5) is 2.52. The number of aryl methyl sites for hydroxylation is 1. The Balaban J connectivity index is 2.02. The van der Waals surface area contributed by atoms with Gasteiger partial charge in [-0.05, 0) is 43.7 Å². The molecule has 18 heavy (non-hydrogen) atoms. The number of ether oxygens (including phenoxy) is 1. The first-order valence-corrected chi connectivity index (χ1v) is 6.90. The maximum absolute atomic E-state index is 9.23. The zero-order valence-corrected chi connectivity index (χ0v) is 10.9. The van der Waals surface area contributed by atoms with Crippen molar-refractivity contribution >= 4 is 5.69 Å². The monoisotopic (exact) mass is 247 g/mol. The number of benzene rings is 1. The largest absolute Gasteiger partial charge is 0.495 e. The molecule has 0 unspecified atom stereocenters. The molecule has 1 fully saturated rings. The summed E-state index contributed by atoms with van der Waals surface area (Å²) in [5, 5.41) is 9.23. The summed E-state index contributed by atoms with van der Waals surface area (Å²) >= 11 is 0. The molecule has 1 aromatic rings. The van der Waals surface area contributed by atoms with Gasteiger partial charge in [-0.15, -0.1) is 0 Å². The molecular weight excluding hydrogens is 226 g/mol. The maximum Gasteiger partial charge on any atom is 0.142 e. The second-order valence-electron chi connectivity index (χ2n) is 5.31. The normalized spacial score (nSPS) is 25.8. The van der Waals surface area contributed by atoms with Gasteiger partial charge in [-0.3, -0.25) is 0 Å². The predicted molar refractivity (Wildman–Crippen MR) is 72.3 cm³/mol. The number of nitrogens with zero attached hydrogens (tertiary/aromatic N) is 1. The number of para-hydroxylation sites is 1. The van der Waals surface area contributed by atoms with E-state index in [9.17, 15) is 5.11 Å². The van der Waals surface area contributed by atoms with E-state index >= 15 is 0 Å². The minimum Gasteiger partial charge on any atom is -0.495 e. The number of methoxy groups -OCH3 is 1. The summed E-state index contributed by atoms with van der Waals surface area (Å²) in [6.45, 7) is 0.276. The third-order valence-corrected chi connectivity index (χ3v) is 4.39. The first-order valence-electron chi connectivity index (χ1n) is 6.90. The molecule has 0 amide bonds. The van der Waals surface area contributed by atoms with Crippen LogP contribution in [0.3, 0.4) is 0 Å². The summed E-state index contributed by atoms with van der Waals surface area (Å²) < 4.78 is 5.54. The predicted octanol–water partition coefficient (Wildman–Crippen LogP) is 2.36. The van der Waals surface area contributed by atoms with E-state index < -0.39 is 0 Å². The first-order chi connectivity index (χ1) is 8.85. The van der Waals surface area contributed by atoms with Gasteiger partial charge < -0.3 is 14.7 Å². The molecular formula is C15H21NO2. The lowest BCUT2D eigenvalue weighted by Gasteiger charge is -2.38. The average Bonchev–Trinajstić information content (AvgIpc) is 2.82. The second-order valence-corrected chi connectivity index (χ2v) is 5.31.